The van der Waals surface area contributed by atoms with Crippen LogP contribution >= 0.6 is 0 Å². The molecule has 1 amide bonds. The van der Waals surface area contributed by atoms with Crippen molar-refractivity contribution >= 4 is 11.7 Å². The van der Waals surface area contributed by atoms with Crippen molar-refractivity contribution in [1.82, 2.24) is 24.5 Å². The minimum absolute atomic E-state index is 0.0110. The van der Waals surface area contributed by atoms with Crippen LogP contribution in [-0.4, -0.2) is 49.5 Å². The van der Waals surface area contributed by atoms with Gasteiger partial charge in [0.15, 0.2) is 0 Å². The molecule has 1 saturated heterocycles. The summed E-state index contributed by atoms with van der Waals surface area (Å²) < 4.78 is 3.95. The molecular weight excluding hydrogens is 316 g/mol. The van der Waals surface area contributed by atoms with Crippen LogP contribution in [0.4, 0.5) is 5.82 Å². The van der Waals surface area contributed by atoms with Crippen LogP contribution in [0.15, 0.2) is 18.3 Å². The van der Waals surface area contributed by atoms with Gasteiger partial charge in [-0.05, 0) is 40.2 Å². The van der Waals surface area contributed by atoms with Crippen molar-refractivity contribution in [2.24, 2.45) is 0 Å². The molecule has 0 aliphatic carbocycles. The first-order valence-corrected chi connectivity index (χ1v) is 9.01. The Balaban J connectivity index is 1.58. The van der Waals surface area contributed by atoms with Crippen LogP contribution in [0.25, 0.3) is 0 Å². The van der Waals surface area contributed by atoms with E-state index < -0.39 is 0 Å². The summed E-state index contributed by atoms with van der Waals surface area (Å²) in [7, 11) is 0. The molecule has 0 saturated carbocycles. The number of nitrogens with zero attached hydrogens (tertiary/aromatic N) is 5. The average molecular weight is 344 g/mol. The molecule has 2 aromatic heterocycles. The summed E-state index contributed by atoms with van der Waals surface area (Å²) in [6.45, 7) is 11.9. The highest BCUT2D eigenvalue weighted by atomic mass is 16.2. The van der Waals surface area contributed by atoms with Gasteiger partial charge in [0.2, 0.25) is 5.91 Å². The fraction of sp³-hybridized carbons (Fsp3) is 0.611. The Bertz CT molecular complexity index is 743. The summed E-state index contributed by atoms with van der Waals surface area (Å²) in [6, 6.07) is 4.39. The lowest BCUT2D eigenvalue weighted by Gasteiger charge is -2.42. The van der Waals surface area contributed by atoms with Gasteiger partial charge in [-0.2, -0.15) is 10.2 Å². The molecule has 1 fully saturated rings. The number of nitrogens with one attached hydrogen (secondary N) is 1. The van der Waals surface area contributed by atoms with E-state index in [1.807, 2.05) is 24.6 Å². The monoisotopic (exact) mass is 344 g/mol. The van der Waals surface area contributed by atoms with Crippen LogP contribution < -0.4 is 5.32 Å². The number of rotatable bonds is 6. The minimum atomic E-state index is -0.173. The predicted octanol–water partition coefficient (Wildman–Crippen LogP) is 2.55. The molecule has 0 bridgehead atoms. The van der Waals surface area contributed by atoms with Gasteiger partial charge in [0.1, 0.15) is 5.82 Å². The Kier molecular flexibility index (Phi) is 4.94. The lowest BCUT2D eigenvalue weighted by atomic mass is 10.1. The fourth-order valence-corrected chi connectivity index (χ4v) is 3.31. The highest BCUT2D eigenvalue weighted by molar-refractivity contribution is 5.93. The molecule has 2 unspecified atom stereocenters. The lowest BCUT2D eigenvalue weighted by Crippen LogP contribution is -2.55. The number of amides is 1. The van der Waals surface area contributed by atoms with Gasteiger partial charge in [0.05, 0.1) is 30.0 Å². The number of carbonyl (C=O) groups is 1. The molecule has 25 heavy (non-hydrogen) atoms. The molecule has 136 valence electrons. The zero-order valence-corrected chi connectivity index (χ0v) is 15.7. The molecule has 1 N–H and O–H groups in total. The standard InChI is InChI=1S/C18H28N6O/c1-6-13(3)24-17(7-8-19-24)20-18(25)15(5)22-10-16(11-22)23-14(4)9-12(2)21-23/h7-9,13,15-16H,6,10-11H2,1-5H3,(H,20,25). The van der Waals surface area contributed by atoms with Crippen LogP contribution in [-0.2, 0) is 4.79 Å². The van der Waals surface area contributed by atoms with Gasteiger partial charge in [-0.25, -0.2) is 4.68 Å². The van der Waals surface area contributed by atoms with E-state index in [9.17, 15) is 4.79 Å². The zero-order valence-electron chi connectivity index (χ0n) is 15.7. The molecule has 2 aromatic rings. The maximum atomic E-state index is 12.6. The Morgan fingerprint density at radius 2 is 2.08 bits per heavy atom. The second-order valence-corrected chi connectivity index (χ2v) is 7.06. The van der Waals surface area contributed by atoms with Crippen molar-refractivity contribution in [3.63, 3.8) is 0 Å². The molecule has 1 aliphatic heterocycles. The molecule has 3 heterocycles. The van der Waals surface area contributed by atoms with E-state index in [0.29, 0.717) is 6.04 Å². The first-order chi connectivity index (χ1) is 11.9. The Labute approximate surface area is 149 Å². The second kappa shape index (κ2) is 7.00. The van der Waals surface area contributed by atoms with Gasteiger partial charge in [-0.15, -0.1) is 0 Å². The van der Waals surface area contributed by atoms with Crippen LogP contribution in [0, 0.1) is 13.8 Å². The summed E-state index contributed by atoms with van der Waals surface area (Å²) in [5.74, 6) is 0.777. The van der Waals surface area contributed by atoms with Crippen molar-refractivity contribution in [3.8, 4) is 0 Å². The summed E-state index contributed by atoms with van der Waals surface area (Å²) in [4.78, 5) is 14.8. The number of carbonyl (C=O) groups excluding carboxylic acids is 1. The molecule has 2 atom stereocenters. The van der Waals surface area contributed by atoms with Gasteiger partial charge in [-0.1, -0.05) is 6.92 Å². The maximum absolute atomic E-state index is 12.6. The molecule has 0 radical (unpaired) electrons. The molecule has 1 aliphatic rings. The number of hydrogen-bond acceptors (Lipinski definition) is 4. The predicted molar refractivity (Wildman–Crippen MR) is 97.6 cm³/mol. The van der Waals surface area contributed by atoms with Crippen molar-refractivity contribution in [2.75, 3.05) is 18.4 Å². The van der Waals surface area contributed by atoms with Crippen molar-refractivity contribution in [2.45, 2.75) is 59.2 Å². The lowest BCUT2D eigenvalue weighted by molar-refractivity contribution is -0.123. The first kappa shape index (κ1) is 17.7. The fourth-order valence-electron chi connectivity index (χ4n) is 3.31. The van der Waals surface area contributed by atoms with Crippen molar-refractivity contribution in [3.05, 3.63) is 29.7 Å². The van der Waals surface area contributed by atoms with Gasteiger partial charge in [-0.3, -0.25) is 14.4 Å². The molecular formula is C18H28N6O. The summed E-state index contributed by atoms with van der Waals surface area (Å²) in [6.07, 6.45) is 2.70. The van der Waals surface area contributed by atoms with Gasteiger partial charge in [0.25, 0.3) is 0 Å². The van der Waals surface area contributed by atoms with Crippen molar-refractivity contribution in [1.29, 1.82) is 0 Å². The molecule has 7 nitrogen and oxygen atoms in total. The quantitative estimate of drug-likeness (QED) is 0.874. The number of aryl methyl sites for hydroxylation is 2. The van der Waals surface area contributed by atoms with Gasteiger partial charge < -0.3 is 5.32 Å². The summed E-state index contributed by atoms with van der Waals surface area (Å²) in [5, 5.41) is 11.9. The molecule has 7 heteroatoms. The van der Waals surface area contributed by atoms with E-state index in [-0.39, 0.29) is 18.0 Å². The Morgan fingerprint density at radius 3 is 2.68 bits per heavy atom. The Hall–Kier alpha value is -2.15. The number of anilines is 1. The summed E-state index contributed by atoms with van der Waals surface area (Å²) >= 11 is 0. The summed E-state index contributed by atoms with van der Waals surface area (Å²) in [5.41, 5.74) is 2.22. The minimum Gasteiger partial charge on any atom is -0.310 e. The normalized spacial score (nSPS) is 18.0. The number of likely N-dealkylation sites (tertiary alicyclic amines) is 1. The highest BCUT2D eigenvalue weighted by Crippen LogP contribution is 2.25. The average Bonchev–Trinajstić information content (AvgIpc) is 3.11. The maximum Gasteiger partial charge on any atom is 0.242 e. The molecule has 3 rings (SSSR count). The van der Waals surface area contributed by atoms with Crippen LogP contribution in [0.2, 0.25) is 0 Å². The SMILES string of the molecule is CCC(C)n1nccc1NC(=O)C(C)N1CC(n2nc(C)cc2C)C1. The van der Waals surface area contributed by atoms with E-state index in [1.165, 1.54) is 5.69 Å². The third-order valence-electron chi connectivity index (χ3n) is 5.14. The molecule has 0 aromatic carbocycles. The van der Waals surface area contributed by atoms with E-state index in [0.717, 1.165) is 31.0 Å². The van der Waals surface area contributed by atoms with E-state index in [2.05, 4.69) is 51.9 Å². The first-order valence-electron chi connectivity index (χ1n) is 9.01. The van der Waals surface area contributed by atoms with Gasteiger partial charge >= 0.3 is 0 Å². The van der Waals surface area contributed by atoms with Crippen LogP contribution in [0.3, 0.4) is 0 Å². The van der Waals surface area contributed by atoms with E-state index in [4.69, 9.17) is 0 Å². The second-order valence-electron chi connectivity index (χ2n) is 7.06. The molecule has 0 spiro atoms. The van der Waals surface area contributed by atoms with Crippen LogP contribution in [0.1, 0.15) is 50.7 Å². The van der Waals surface area contributed by atoms with Crippen LogP contribution in [0.5, 0.6) is 0 Å². The van der Waals surface area contributed by atoms with E-state index >= 15 is 0 Å². The van der Waals surface area contributed by atoms with Gasteiger partial charge in [0, 0.05) is 24.8 Å². The highest BCUT2D eigenvalue weighted by Gasteiger charge is 2.35. The van der Waals surface area contributed by atoms with Crippen molar-refractivity contribution < 1.29 is 4.79 Å². The van der Waals surface area contributed by atoms with E-state index in [1.54, 1.807) is 6.20 Å². The topological polar surface area (TPSA) is 68.0 Å². The Morgan fingerprint density at radius 1 is 1.36 bits per heavy atom. The number of hydrogen-bond donors (Lipinski definition) is 1. The third-order valence-corrected chi connectivity index (χ3v) is 5.14. The largest absolute Gasteiger partial charge is 0.310 e. The smallest absolute Gasteiger partial charge is 0.242 e. The zero-order chi connectivity index (χ0) is 18.1. The number of aromatic nitrogens is 4. The third kappa shape index (κ3) is 3.46.